The van der Waals surface area contributed by atoms with Gasteiger partial charge in [0, 0.05) is 24.5 Å². The van der Waals surface area contributed by atoms with E-state index in [4.69, 9.17) is 11.6 Å². The van der Waals surface area contributed by atoms with E-state index in [9.17, 15) is 31.7 Å². The van der Waals surface area contributed by atoms with Crippen molar-refractivity contribution in [2.75, 3.05) is 23.7 Å². The van der Waals surface area contributed by atoms with Crippen molar-refractivity contribution in [3.05, 3.63) is 69.5 Å². The summed E-state index contributed by atoms with van der Waals surface area (Å²) < 4.78 is 66.1. The second-order valence-electron chi connectivity index (χ2n) is 7.23. The molecular weight excluding hydrogens is 525 g/mol. The fourth-order valence-electron chi connectivity index (χ4n) is 3.25. The van der Waals surface area contributed by atoms with Gasteiger partial charge in [-0.25, -0.2) is 18.4 Å². The summed E-state index contributed by atoms with van der Waals surface area (Å²) in [7, 11) is -3.70. The number of nitrogens with one attached hydrogen (secondary N) is 2. The first-order valence-corrected chi connectivity index (χ1v) is 12.2. The molecule has 3 aromatic rings. The third kappa shape index (κ3) is 5.83. The summed E-state index contributed by atoms with van der Waals surface area (Å²) in [6, 6.07) is 8.42. The van der Waals surface area contributed by atoms with Crippen LogP contribution < -0.4 is 10.6 Å². The van der Waals surface area contributed by atoms with Gasteiger partial charge in [-0.2, -0.15) is 17.5 Å². The number of anilines is 4. The Labute approximate surface area is 209 Å². The van der Waals surface area contributed by atoms with Gasteiger partial charge >= 0.3 is 11.9 Å². The predicted octanol–water partition coefficient (Wildman–Crippen LogP) is 5.57. The topological polar surface area (TPSA) is 130 Å². The molecule has 0 aliphatic heterocycles. The summed E-state index contributed by atoms with van der Waals surface area (Å²) in [6.07, 6.45) is -3.75. The molecule has 1 aromatic heterocycles. The molecule has 0 amide bonds. The molecule has 0 bridgehead atoms. The van der Waals surface area contributed by atoms with E-state index in [1.807, 2.05) is 0 Å². The number of benzene rings is 2. The van der Waals surface area contributed by atoms with Crippen LogP contribution in [0.25, 0.3) is 0 Å². The Bertz CT molecular complexity index is 1370. The second-order valence-corrected chi connectivity index (χ2v) is 9.58. The maximum absolute atomic E-state index is 13.2. The molecule has 0 fully saturated rings. The van der Waals surface area contributed by atoms with Crippen LogP contribution in [0.2, 0.25) is 5.02 Å². The molecule has 1 heterocycles. The standard InChI is InChI=1S/C21H20ClF3N6O4S/c1-3-30(4-2)36(34,35)15-8-5-13(6-9-15)28-19-18(31(32)33)20(27-12-26-19)29-14-7-10-17(22)16(11-14)21(23,24)25/h5-12H,3-4H2,1-2H3,(H2,26,27,28,29). The summed E-state index contributed by atoms with van der Waals surface area (Å²) in [4.78, 5) is 18.7. The maximum atomic E-state index is 13.2. The van der Waals surface area contributed by atoms with E-state index in [1.165, 1.54) is 34.6 Å². The van der Waals surface area contributed by atoms with Gasteiger partial charge in [0.05, 0.1) is 20.4 Å². The number of alkyl halides is 3. The van der Waals surface area contributed by atoms with Crippen molar-refractivity contribution in [3.8, 4) is 0 Å². The van der Waals surface area contributed by atoms with E-state index in [0.717, 1.165) is 12.4 Å². The zero-order chi connectivity index (χ0) is 26.7. The Balaban J connectivity index is 1.93. The Hall–Kier alpha value is -3.49. The lowest BCUT2D eigenvalue weighted by Crippen LogP contribution is -2.30. The summed E-state index contributed by atoms with van der Waals surface area (Å²) in [5.41, 5.74) is -1.61. The van der Waals surface area contributed by atoms with E-state index in [-0.39, 0.29) is 27.9 Å². The molecule has 0 unspecified atom stereocenters. The third-order valence-corrected chi connectivity index (χ3v) is 7.39. The highest BCUT2D eigenvalue weighted by Crippen LogP contribution is 2.38. The van der Waals surface area contributed by atoms with E-state index in [1.54, 1.807) is 13.8 Å². The van der Waals surface area contributed by atoms with Gasteiger partial charge in [0.15, 0.2) is 0 Å². The van der Waals surface area contributed by atoms with Crippen LogP contribution >= 0.6 is 11.6 Å². The molecular formula is C21H20ClF3N6O4S. The van der Waals surface area contributed by atoms with Crippen LogP contribution in [0.15, 0.2) is 53.7 Å². The second kappa shape index (κ2) is 10.6. The van der Waals surface area contributed by atoms with Crippen molar-refractivity contribution in [2.45, 2.75) is 24.9 Å². The smallest absolute Gasteiger partial charge is 0.334 e. The molecule has 0 aliphatic rings. The maximum Gasteiger partial charge on any atom is 0.417 e. The van der Waals surface area contributed by atoms with Crippen LogP contribution in [-0.4, -0.2) is 40.7 Å². The molecule has 2 N–H and O–H groups in total. The molecule has 0 atom stereocenters. The van der Waals surface area contributed by atoms with E-state index in [2.05, 4.69) is 20.6 Å². The summed E-state index contributed by atoms with van der Waals surface area (Å²) in [5, 5.41) is 16.5. The van der Waals surface area contributed by atoms with Crippen molar-refractivity contribution in [3.63, 3.8) is 0 Å². The fraction of sp³-hybridized carbons (Fsp3) is 0.238. The van der Waals surface area contributed by atoms with Crippen LogP contribution in [0.4, 0.5) is 41.9 Å². The van der Waals surface area contributed by atoms with Crippen molar-refractivity contribution < 1.29 is 26.5 Å². The molecule has 0 radical (unpaired) electrons. The minimum atomic E-state index is -4.73. The minimum Gasteiger partial charge on any atom is -0.334 e. The van der Waals surface area contributed by atoms with Crippen molar-refractivity contribution in [1.29, 1.82) is 0 Å². The summed E-state index contributed by atoms with van der Waals surface area (Å²) >= 11 is 5.62. The van der Waals surface area contributed by atoms with Crippen molar-refractivity contribution in [2.24, 2.45) is 0 Å². The molecule has 3 rings (SSSR count). The lowest BCUT2D eigenvalue weighted by atomic mass is 10.2. The van der Waals surface area contributed by atoms with Crippen molar-refractivity contribution in [1.82, 2.24) is 14.3 Å². The average molecular weight is 545 g/mol. The van der Waals surface area contributed by atoms with E-state index < -0.39 is 37.4 Å². The Morgan fingerprint density at radius 3 is 2.03 bits per heavy atom. The fourth-order valence-corrected chi connectivity index (χ4v) is 4.93. The third-order valence-electron chi connectivity index (χ3n) is 5.00. The summed E-state index contributed by atoms with van der Waals surface area (Å²) in [5.74, 6) is -0.629. The van der Waals surface area contributed by atoms with Gasteiger partial charge in [-0.1, -0.05) is 25.4 Å². The monoisotopic (exact) mass is 544 g/mol. The number of hydrogen-bond acceptors (Lipinski definition) is 8. The number of sulfonamides is 1. The first-order chi connectivity index (χ1) is 16.9. The van der Waals surface area contributed by atoms with Gasteiger partial charge in [-0.15, -0.1) is 0 Å². The highest BCUT2D eigenvalue weighted by atomic mass is 35.5. The predicted molar refractivity (Wildman–Crippen MR) is 128 cm³/mol. The molecule has 0 aliphatic carbocycles. The van der Waals surface area contributed by atoms with Gasteiger partial charge in [0.25, 0.3) is 0 Å². The lowest BCUT2D eigenvalue weighted by Gasteiger charge is -2.18. The molecule has 192 valence electrons. The van der Waals surface area contributed by atoms with Crippen LogP contribution in [-0.2, 0) is 16.2 Å². The summed E-state index contributed by atoms with van der Waals surface area (Å²) in [6.45, 7) is 4.01. The minimum absolute atomic E-state index is 0.0412. The van der Waals surface area contributed by atoms with Crippen LogP contribution in [0.1, 0.15) is 19.4 Å². The Morgan fingerprint density at radius 1 is 1.00 bits per heavy atom. The van der Waals surface area contributed by atoms with Crippen molar-refractivity contribution >= 4 is 50.3 Å². The van der Waals surface area contributed by atoms with Crippen LogP contribution in [0.3, 0.4) is 0 Å². The van der Waals surface area contributed by atoms with Gasteiger partial charge in [-0.3, -0.25) is 10.1 Å². The van der Waals surface area contributed by atoms with Gasteiger partial charge in [-0.05, 0) is 42.5 Å². The van der Waals surface area contributed by atoms with Crippen LogP contribution in [0, 0.1) is 10.1 Å². The average Bonchev–Trinajstić information content (AvgIpc) is 2.80. The SMILES string of the molecule is CCN(CC)S(=O)(=O)c1ccc(Nc2ncnc(Nc3ccc(Cl)c(C(F)(F)F)c3)c2[N+](=O)[O-])cc1. The zero-order valence-corrected chi connectivity index (χ0v) is 20.4. The number of halogens is 4. The molecule has 2 aromatic carbocycles. The van der Waals surface area contributed by atoms with E-state index in [0.29, 0.717) is 19.2 Å². The largest absolute Gasteiger partial charge is 0.417 e. The number of nitro groups is 1. The molecule has 0 saturated carbocycles. The van der Waals surface area contributed by atoms with Gasteiger partial charge in [0.1, 0.15) is 6.33 Å². The van der Waals surface area contributed by atoms with Crippen LogP contribution in [0.5, 0.6) is 0 Å². The Kier molecular flexibility index (Phi) is 8.01. The quantitative estimate of drug-likeness (QED) is 0.264. The Morgan fingerprint density at radius 2 is 1.53 bits per heavy atom. The number of rotatable bonds is 9. The molecule has 0 saturated heterocycles. The molecule has 15 heteroatoms. The normalized spacial score (nSPS) is 12.0. The number of aromatic nitrogens is 2. The van der Waals surface area contributed by atoms with Gasteiger partial charge < -0.3 is 10.6 Å². The number of nitrogens with zero attached hydrogens (tertiary/aromatic N) is 4. The molecule has 36 heavy (non-hydrogen) atoms. The molecule has 10 nitrogen and oxygen atoms in total. The highest BCUT2D eigenvalue weighted by molar-refractivity contribution is 7.89. The lowest BCUT2D eigenvalue weighted by molar-refractivity contribution is -0.383. The van der Waals surface area contributed by atoms with Gasteiger partial charge in [0.2, 0.25) is 21.7 Å². The first-order valence-electron chi connectivity index (χ1n) is 10.4. The van der Waals surface area contributed by atoms with E-state index >= 15 is 0 Å². The number of hydrogen-bond donors (Lipinski definition) is 2. The first kappa shape index (κ1) is 27.1. The molecule has 0 spiro atoms. The zero-order valence-electron chi connectivity index (χ0n) is 18.9. The highest BCUT2D eigenvalue weighted by Gasteiger charge is 2.34.